The summed E-state index contributed by atoms with van der Waals surface area (Å²) >= 11 is 0. The fourth-order valence-electron chi connectivity index (χ4n) is 2.18. The van der Waals surface area contributed by atoms with Crippen LogP contribution in [0, 0.1) is 13.8 Å². The highest BCUT2D eigenvalue weighted by Gasteiger charge is 2.29. The molecule has 7 nitrogen and oxygen atoms in total. The van der Waals surface area contributed by atoms with Crippen molar-refractivity contribution in [3.8, 4) is 0 Å². The zero-order chi connectivity index (χ0) is 15.6. The highest BCUT2D eigenvalue weighted by atomic mass is 32.2. The molecular formula is C13H17N3O4S. The van der Waals surface area contributed by atoms with Gasteiger partial charge in [0.1, 0.15) is 6.04 Å². The molecule has 1 atom stereocenters. The highest BCUT2D eigenvalue weighted by molar-refractivity contribution is 7.89. The Bertz CT molecular complexity index is 685. The molecule has 21 heavy (non-hydrogen) atoms. The van der Waals surface area contributed by atoms with Crippen molar-refractivity contribution in [1.29, 1.82) is 0 Å². The lowest BCUT2D eigenvalue weighted by Gasteiger charge is -2.11. The fourth-order valence-corrected chi connectivity index (χ4v) is 3.45. The highest BCUT2D eigenvalue weighted by Crippen LogP contribution is 2.16. The normalized spacial score (nSPS) is 18.5. The maximum atomic E-state index is 12.2. The van der Waals surface area contributed by atoms with Crippen LogP contribution in [0.1, 0.15) is 17.5 Å². The number of urea groups is 1. The van der Waals surface area contributed by atoms with Crippen LogP contribution >= 0.6 is 0 Å². The summed E-state index contributed by atoms with van der Waals surface area (Å²) < 4.78 is 26.8. The molecule has 1 aliphatic heterocycles. The lowest BCUT2D eigenvalue weighted by molar-refractivity contribution is -0.120. The van der Waals surface area contributed by atoms with E-state index in [2.05, 4.69) is 15.4 Å². The Kier molecular flexibility index (Phi) is 4.29. The molecular weight excluding hydrogens is 294 g/mol. The van der Waals surface area contributed by atoms with Gasteiger partial charge in [0.15, 0.2) is 0 Å². The van der Waals surface area contributed by atoms with Crippen LogP contribution in [-0.2, 0) is 14.8 Å². The monoisotopic (exact) mass is 311 g/mol. The van der Waals surface area contributed by atoms with Crippen LogP contribution < -0.4 is 15.4 Å². The minimum Gasteiger partial charge on any atom is -0.326 e. The summed E-state index contributed by atoms with van der Waals surface area (Å²) in [6.45, 7) is 3.68. The first-order valence-electron chi connectivity index (χ1n) is 6.48. The van der Waals surface area contributed by atoms with Crippen LogP contribution in [0.5, 0.6) is 0 Å². The summed E-state index contributed by atoms with van der Waals surface area (Å²) in [7, 11) is -3.62. The molecule has 8 heteroatoms. The average molecular weight is 311 g/mol. The van der Waals surface area contributed by atoms with Crippen molar-refractivity contribution in [3.05, 3.63) is 29.3 Å². The molecule has 0 bridgehead atoms. The first kappa shape index (κ1) is 15.5. The number of rotatable bonds is 5. The Balaban J connectivity index is 1.99. The van der Waals surface area contributed by atoms with Crippen LogP contribution in [0.25, 0.3) is 0 Å². The molecule has 0 spiro atoms. The Morgan fingerprint density at radius 3 is 2.52 bits per heavy atom. The van der Waals surface area contributed by atoms with Gasteiger partial charge in [-0.05, 0) is 31.9 Å². The summed E-state index contributed by atoms with van der Waals surface area (Å²) in [5.41, 5.74) is 1.64. The SMILES string of the molecule is Cc1ccc(S(=O)(=O)NCCC2NC(=O)NC2=O)c(C)c1. The summed E-state index contributed by atoms with van der Waals surface area (Å²) in [5, 5.41) is 4.51. The van der Waals surface area contributed by atoms with E-state index in [1.807, 2.05) is 6.92 Å². The summed E-state index contributed by atoms with van der Waals surface area (Å²) in [6.07, 6.45) is 0.196. The maximum absolute atomic E-state index is 12.2. The summed E-state index contributed by atoms with van der Waals surface area (Å²) in [4.78, 5) is 22.5. The number of sulfonamides is 1. The summed E-state index contributed by atoms with van der Waals surface area (Å²) in [6, 6.07) is 3.82. The third-order valence-corrected chi connectivity index (χ3v) is 4.82. The van der Waals surface area contributed by atoms with E-state index in [0.717, 1.165) is 5.56 Å². The van der Waals surface area contributed by atoms with E-state index >= 15 is 0 Å². The van der Waals surface area contributed by atoms with Gasteiger partial charge in [0.05, 0.1) is 4.90 Å². The second-order valence-corrected chi connectivity index (χ2v) is 6.71. The van der Waals surface area contributed by atoms with E-state index in [0.29, 0.717) is 5.56 Å². The molecule has 0 radical (unpaired) electrons. The molecule has 114 valence electrons. The third kappa shape index (κ3) is 3.59. The van der Waals surface area contributed by atoms with E-state index in [1.165, 1.54) is 0 Å². The zero-order valence-electron chi connectivity index (χ0n) is 11.8. The first-order chi connectivity index (χ1) is 9.79. The molecule has 0 aliphatic carbocycles. The van der Waals surface area contributed by atoms with Gasteiger partial charge in [0.2, 0.25) is 10.0 Å². The molecule has 2 rings (SSSR count). The number of hydrogen-bond acceptors (Lipinski definition) is 4. The topological polar surface area (TPSA) is 104 Å². The third-order valence-electron chi connectivity index (χ3n) is 3.20. The minimum atomic E-state index is -3.62. The van der Waals surface area contributed by atoms with Crippen LogP contribution in [0.15, 0.2) is 23.1 Å². The Labute approximate surface area is 123 Å². The Morgan fingerprint density at radius 2 is 1.95 bits per heavy atom. The van der Waals surface area contributed by atoms with Crippen LogP contribution in [0.2, 0.25) is 0 Å². The van der Waals surface area contributed by atoms with E-state index in [9.17, 15) is 18.0 Å². The summed E-state index contributed by atoms with van der Waals surface area (Å²) in [5.74, 6) is -0.439. The molecule has 1 unspecified atom stereocenters. The molecule has 1 saturated heterocycles. The van der Waals surface area contributed by atoms with Crippen molar-refractivity contribution in [2.45, 2.75) is 31.2 Å². The first-order valence-corrected chi connectivity index (χ1v) is 7.96. The second kappa shape index (κ2) is 5.82. The van der Waals surface area contributed by atoms with Gasteiger partial charge in [-0.15, -0.1) is 0 Å². The van der Waals surface area contributed by atoms with Crippen molar-refractivity contribution in [3.63, 3.8) is 0 Å². The van der Waals surface area contributed by atoms with E-state index in [-0.39, 0.29) is 17.9 Å². The molecule has 1 heterocycles. The van der Waals surface area contributed by atoms with Gasteiger partial charge < -0.3 is 5.32 Å². The van der Waals surface area contributed by atoms with Gasteiger partial charge in [-0.25, -0.2) is 17.9 Å². The van der Waals surface area contributed by atoms with Crippen LogP contribution in [0.3, 0.4) is 0 Å². The van der Waals surface area contributed by atoms with Gasteiger partial charge in [-0.2, -0.15) is 0 Å². The maximum Gasteiger partial charge on any atom is 0.322 e. The van der Waals surface area contributed by atoms with Crippen molar-refractivity contribution in [2.24, 2.45) is 0 Å². The lowest BCUT2D eigenvalue weighted by atomic mass is 10.2. The predicted molar refractivity (Wildman–Crippen MR) is 76.2 cm³/mol. The molecule has 1 aliphatic rings. The number of nitrogens with one attached hydrogen (secondary N) is 3. The van der Waals surface area contributed by atoms with E-state index < -0.39 is 28.0 Å². The minimum absolute atomic E-state index is 0.0635. The van der Waals surface area contributed by atoms with Crippen molar-refractivity contribution in [2.75, 3.05) is 6.54 Å². The van der Waals surface area contributed by atoms with Gasteiger partial charge in [-0.1, -0.05) is 17.7 Å². The fraction of sp³-hybridized carbons (Fsp3) is 0.385. The van der Waals surface area contributed by atoms with Gasteiger partial charge in [0.25, 0.3) is 5.91 Å². The molecule has 1 fully saturated rings. The van der Waals surface area contributed by atoms with Crippen LogP contribution in [0.4, 0.5) is 4.79 Å². The van der Waals surface area contributed by atoms with E-state index in [4.69, 9.17) is 0 Å². The average Bonchev–Trinajstić information content (AvgIpc) is 2.67. The van der Waals surface area contributed by atoms with Crippen molar-refractivity contribution in [1.82, 2.24) is 15.4 Å². The van der Waals surface area contributed by atoms with Crippen LogP contribution in [-0.4, -0.2) is 32.9 Å². The Morgan fingerprint density at radius 1 is 1.24 bits per heavy atom. The van der Waals surface area contributed by atoms with Gasteiger partial charge in [-0.3, -0.25) is 10.1 Å². The van der Waals surface area contributed by atoms with E-state index in [1.54, 1.807) is 25.1 Å². The number of benzene rings is 1. The Hall–Kier alpha value is -1.93. The molecule has 3 amide bonds. The molecule has 1 aromatic rings. The quantitative estimate of drug-likeness (QED) is 0.675. The number of carbonyl (C=O) groups is 2. The number of hydrogen-bond donors (Lipinski definition) is 3. The van der Waals surface area contributed by atoms with Gasteiger partial charge in [0, 0.05) is 6.54 Å². The lowest BCUT2D eigenvalue weighted by Crippen LogP contribution is -2.34. The van der Waals surface area contributed by atoms with Crippen molar-refractivity contribution >= 4 is 22.0 Å². The molecule has 0 aromatic heterocycles. The second-order valence-electron chi connectivity index (χ2n) is 4.97. The molecule has 1 aromatic carbocycles. The zero-order valence-corrected chi connectivity index (χ0v) is 12.6. The molecule has 3 N–H and O–H groups in total. The van der Waals surface area contributed by atoms with Crippen molar-refractivity contribution < 1.29 is 18.0 Å². The van der Waals surface area contributed by atoms with Gasteiger partial charge >= 0.3 is 6.03 Å². The predicted octanol–water partition coefficient (Wildman–Crippen LogP) is 0.180. The largest absolute Gasteiger partial charge is 0.326 e. The number of carbonyl (C=O) groups excluding carboxylic acids is 2. The number of aryl methyl sites for hydroxylation is 2. The number of amides is 3. The number of imide groups is 1. The molecule has 0 saturated carbocycles. The standard InChI is InChI=1S/C13H17N3O4S/c1-8-3-4-11(9(2)7-8)21(19,20)14-6-5-10-12(17)16-13(18)15-10/h3-4,7,10,14H,5-6H2,1-2H3,(H2,15,16,17,18). The smallest absolute Gasteiger partial charge is 0.322 e.